The molecule has 0 spiro atoms. The van der Waals surface area contributed by atoms with E-state index in [1.165, 1.54) is 11.8 Å². The molecule has 2 bridgehead atoms. The molecule has 4 rings (SSSR count). The molecule has 0 aliphatic carbocycles. The Bertz CT molecular complexity index is 527. The number of piperidine rings is 1. The van der Waals surface area contributed by atoms with Gasteiger partial charge in [-0.3, -0.25) is 4.90 Å². The average molecular weight is 300 g/mol. The van der Waals surface area contributed by atoms with Crippen LogP contribution < -0.4 is 0 Å². The van der Waals surface area contributed by atoms with E-state index in [4.69, 9.17) is 0 Å². The van der Waals surface area contributed by atoms with Crippen molar-refractivity contribution in [3.8, 4) is 0 Å². The summed E-state index contributed by atoms with van der Waals surface area (Å²) in [5, 5.41) is 4.29. The maximum atomic E-state index is 11.8. The molecule has 0 aromatic carbocycles. The number of hydrogen-bond acceptors (Lipinski definition) is 4. The van der Waals surface area contributed by atoms with Gasteiger partial charge in [0, 0.05) is 32.2 Å². The topological polar surface area (TPSA) is 40.6 Å². The van der Waals surface area contributed by atoms with Crippen molar-refractivity contribution in [1.29, 1.82) is 0 Å². The normalized spacial score (nSPS) is 29.5. The average Bonchev–Trinajstić information content (AvgIpc) is 2.66. The summed E-state index contributed by atoms with van der Waals surface area (Å²) in [4.78, 5) is 2.47. The Balaban J connectivity index is 1.76. The van der Waals surface area contributed by atoms with Crippen LogP contribution >= 0.6 is 11.3 Å². The lowest BCUT2D eigenvalue weighted by Crippen LogP contribution is -2.43. The van der Waals surface area contributed by atoms with E-state index in [9.17, 15) is 8.42 Å². The van der Waals surface area contributed by atoms with Gasteiger partial charge in [0.15, 0.2) is 0 Å². The van der Waals surface area contributed by atoms with Gasteiger partial charge in [-0.2, -0.15) is 11.3 Å². The molecule has 106 valence electrons. The lowest BCUT2D eigenvalue weighted by Gasteiger charge is -2.35. The zero-order chi connectivity index (χ0) is 13.5. The second kappa shape index (κ2) is 5.16. The molecule has 0 saturated carbocycles. The number of fused-ring (bicyclic) bond motifs is 4. The first-order chi connectivity index (χ1) is 9.02. The van der Waals surface area contributed by atoms with Crippen LogP contribution in [0.5, 0.6) is 0 Å². The van der Waals surface area contributed by atoms with Crippen LogP contribution in [0.15, 0.2) is 16.8 Å². The van der Waals surface area contributed by atoms with E-state index in [0.29, 0.717) is 25.0 Å². The first-order valence-corrected chi connectivity index (χ1v) is 9.52. The standard InChI is InChI=1S/C13H20N2O2S2/c1-19(16,17)15-8-11-2-3-13(9-15)14(6-11)7-12-4-5-18-10-12/h4-5,10-11,13H,2-3,6-9H2,1H3/t11-,13-/m0/s1. The van der Waals surface area contributed by atoms with Gasteiger partial charge in [0.05, 0.1) is 6.26 Å². The number of sulfonamides is 1. The van der Waals surface area contributed by atoms with Gasteiger partial charge in [-0.15, -0.1) is 0 Å². The molecule has 4 nitrogen and oxygen atoms in total. The van der Waals surface area contributed by atoms with Crippen molar-refractivity contribution >= 4 is 21.4 Å². The van der Waals surface area contributed by atoms with Crippen molar-refractivity contribution in [2.75, 3.05) is 25.9 Å². The van der Waals surface area contributed by atoms with Gasteiger partial charge in [0.1, 0.15) is 0 Å². The molecule has 1 aromatic heterocycles. The Labute approximate surface area is 119 Å². The minimum atomic E-state index is -3.05. The maximum absolute atomic E-state index is 11.8. The summed E-state index contributed by atoms with van der Waals surface area (Å²) < 4.78 is 25.3. The quantitative estimate of drug-likeness (QED) is 0.851. The number of thiophene rings is 1. The summed E-state index contributed by atoms with van der Waals surface area (Å²) in [6.45, 7) is 3.36. The molecule has 1 aromatic rings. The molecule has 3 saturated heterocycles. The van der Waals surface area contributed by atoms with Crippen LogP contribution in [0, 0.1) is 5.92 Å². The number of rotatable bonds is 3. The highest BCUT2D eigenvalue weighted by molar-refractivity contribution is 7.88. The second-order valence-electron chi connectivity index (χ2n) is 5.74. The van der Waals surface area contributed by atoms with Crippen molar-refractivity contribution in [3.05, 3.63) is 22.4 Å². The summed E-state index contributed by atoms with van der Waals surface area (Å²) in [6.07, 6.45) is 3.62. The Morgan fingerprint density at radius 2 is 2.16 bits per heavy atom. The third kappa shape index (κ3) is 3.02. The SMILES string of the molecule is CS(=O)(=O)N1C[C@H]2CC[C@@H](C1)N(Cc1ccsc1)C2. The first-order valence-electron chi connectivity index (χ1n) is 6.72. The molecule has 3 fully saturated rings. The van der Waals surface area contributed by atoms with Crippen LogP contribution in [0.2, 0.25) is 0 Å². The van der Waals surface area contributed by atoms with Crippen LogP contribution in [-0.2, 0) is 16.6 Å². The molecule has 3 aliphatic heterocycles. The van der Waals surface area contributed by atoms with Crippen molar-refractivity contribution < 1.29 is 8.42 Å². The highest BCUT2D eigenvalue weighted by atomic mass is 32.2. The van der Waals surface area contributed by atoms with E-state index in [1.807, 2.05) is 0 Å². The Morgan fingerprint density at radius 3 is 2.84 bits per heavy atom. The van der Waals surface area contributed by atoms with Crippen LogP contribution in [0.4, 0.5) is 0 Å². The van der Waals surface area contributed by atoms with Gasteiger partial charge in [-0.05, 0) is 41.1 Å². The third-order valence-corrected chi connectivity index (χ3v) is 6.20. The predicted octanol–water partition coefficient (Wildman–Crippen LogP) is 1.60. The van der Waals surface area contributed by atoms with Gasteiger partial charge in [-0.25, -0.2) is 12.7 Å². The van der Waals surface area contributed by atoms with Gasteiger partial charge in [-0.1, -0.05) is 0 Å². The highest BCUT2D eigenvalue weighted by Crippen LogP contribution is 2.30. The third-order valence-electron chi connectivity index (χ3n) is 4.23. The molecule has 0 N–H and O–H groups in total. The molecule has 0 unspecified atom stereocenters. The van der Waals surface area contributed by atoms with Crippen LogP contribution in [0.25, 0.3) is 0 Å². The van der Waals surface area contributed by atoms with E-state index in [1.54, 1.807) is 15.6 Å². The largest absolute Gasteiger partial charge is 0.294 e. The fraction of sp³-hybridized carbons (Fsp3) is 0.692. The molecule has 4 heterocycles. The minimum absolute atomic E-state index is 0.383. The fourth-order valence-corrected chi connectivity index (χ4v) is 4.80. The second-order valence-corrected chi connectivity index (χ2v) is 8.50. The zero-order valence-corrected chi connectivity index (χ0v) is 12.8. The van der Waals surface area contributed by atoms with Gasteiger partial charge in [0.25, 0.3) is 0 Å². The lowest BCUT2D eigenvalue weighted by atomic mass is 9.95. The fourth-order valence-electron chi connectivity index (χ4n) is 3.22. The van der Waals surface area contributed by atoms with Crippen molar-refractivity contribution in [2.45, 2.75) is 25.4 Å². The predicted molar refractivity (Wildman–Crippen MR) is 77.7 cm³/mol. The molecule has 19 heavy (non-hydrogen) atoms. The van der Waals surface area contributed by atoms with E-state index < -0.39 is 10.0 Å². The van der Waals surface area contributed by atoms with E-state index >= 15 is 0 Å². The molecular formula is C13H20N2O2S2. The molecule has 2 atom stereocenters. The molecule has 6 heteroatoms. The maximum Gasteiger partial charge on any atom is 0.211 e. The molecule has 0 amide bonds. The number of nitrogens with zero attached hydrogens (tertiary/aromatic N) is 2. The van der Waals surface area contributed by atoms with Crippen molar-refractivity contribution in [1.82, 2.24) is 9.21 Å². The first kappa shape index (κ1) is 13.5. The summed E-state index contributed by atoms with van der Waals surface area (Å²) >= 11 is 1.73. The smallest absolute Gasteiger partial charge is 0.211 e. The Kier molecular flexibility index (Phi) is 3.68. The Hall–Kier alpha value is -0.430. The van der Waals surface area contributed by atoms with Crippen LogP contribution in [-0.4, -0.2) is 49.6 Å². The van der Waals surface area contributed by atoms with Crippen LogP contribution in [0.3, 0.4) is 0 Å². The van der Waals surface area contributed by atoms with E-state index in [2.05, 4.69) is 21.7 Å². The van der Waals surface area contributed by atoms with Gasteiger partial charge in [0.2, 0.25) is 10.0 Å². The molecule has 0 radical (unpaired) electrons. The molecular weight excluding hydrogens is 280 g/mol. The summed E-state index contributed by atoms with van der Waals surface area (Å²) in [7, 11) is -3.05. The van der Waals surface area contributed by atoms with Crippen LogP contribution in [0.1, 0.15) is 18.4 Å². The monoisotopic (exact) mass is 300 g/mol. The van der Waals surface area contributed by atoms with E-state index in [0.717, 1.165) is 25.9 Å². The summed E-state index contributed by atoms with van der Waals surface area (Å²) in [6, 6.07) is 2.55. The van der Waals surface area contributed by atoms with Gasteiger partial charge < -0.3 is 0 Å². The zero-order valence-electron chi connectivity index (χ0n) is 11.2. The Morgan fingerprint density at radius 1 is 1.32 bits per heavy atom. The molecule has 3 aliphatic rings. The van der Waals surface area contributed by atoms with Crippen molar-refractivity contribution in [2.24, 2.45) is 5.92 Å². The highest BCUT2D eigenvalue weighted by Gasteiger charge is 2.37. The number of hydrogen-bond donors (Lipinski definition) is 0. The lowest BCUT2D eigenvalue weighted by molar-refractivity contribution is 0.125. The summed E-state index contributed by atoms with van der Waals surface area (Å²) in [5.74, 6) is 0.493. The van der Waals surface area contributed by atoms with Gasteiger partial charge >= 0.3 is 0 Å². The summed E-state index contributed by atoms with van der Waals surface area (Å²) in [5.41, 5.74) is 1.35. The minimum Gasteiger partial charge on any atom is -0.294 e. The van der Waals surface area contributed by atoms with E-state index in [-0.39, 0.29) is 0 Å². The van der Waals surface area contributed by atoms with Crippen molar-refractivity contribution in [3.63, 3.8) is 0 Å².